The molecule has 0 aliphatic rings. The highest BCUT2D eigenvalue weighted by molar-refractivity contribution is 7.90. The fraction of sp³-hybridized carbons (Fsp3) is 0.314. The van der Waals surface area contributed by atoms with Crippen LogP contribution in [0.3, 0.4) is 0 Å². The van der Waals surface area contributed by atoms with Gasteiger partial charge in [-0.15, -0.1) is 0 Å². The standard InChI is InChI=1S/C35H41N3O5S/c1-4-6-20-42-21-22-43-32-13-7-27(8-14-32)28-9-17-34(41-3)29(23-28)10-18-35(39)37-30-11-15-33(16-12-30)44(40)25-31-24-36-26-38(31)19-5-2/h7-18,23-24,26H,4-6,19-22,25H2,1-3H3,(H,37,39)/b18-10+/t44-/m1/s1. The fourth-order valence-corrected chi connectivity index (χ4v) is 5.64. The molecule has 1 N–H and O–H groups in total. The highest BCUT2D eigenvalue weighted by atomic mass is 32.2. The average Bonchev–Trinajstić information content (AvgIpc) is 3.48. The number of amides is 1. The van der Waals surface area contributed by atoms with Crippen molar-refractivity contribution >= 4 is 28.8 Å². The van der Waals surface area contributed by atoms with Gasteiger partial charge in [-0.25, -0.2) is 4.98 Å². The minimum atomic E-state index is -1.22. The summed E-state index contributed by atoms with van der Waals surface area (Å²) in [6, 6.07) is 20.8. The Morgan fingerprint density at radius 2 is 1.75 bits per heavy atom. The maximum absolute atomic E-state index is 12.9. The summed E-state index contributed by atoms with van der Waals surface area (Å²) in [5.74, 6) is 1.56. The summed E-state index contributed by atoms with van der Waals surface area (Å²) < 4.78 is 31.8. The van der Waals surface area contributed by atoms with E-state index in [-0.39, 0.29) is 5.91 Å². The Bertz CT molecular complexity index is 1490. The smallest absolute Gasteiger partial charge is 0.248 e. The first-order chi connectivity index (χ1) is 21.5. The van der Waals surface area contributed by atoms with Crippen LogP contribution in [0, 0.1) is 0 Å². The van der Waals surface area contributed by atoms with Gasteiger partial charge in [0, 0.05) is 30.5 Å². The molecular formula is C35H41N3O5S. The van der Waals surface area contributed by atoms with E-state index in [4.69, 9.17) is 14.2 Å². The van der Waals surface area contributed by atoms with Crippen LogP contribution in [-0.2, 0) is 33.0 Å². The van der Waals surface area contributed by atoms with E-state index in [0.717, 1.165) is 60.5 Å². The van der Waals surface area contributed by atoms with Crippen LogP contribution in [0.25, 0.3) is 17.2 Å². The first kappa shape index (κ1) is 32.9. The molecular weight excluding hydrogens is 574 g/mol. The number of hydrogen-bond acceptors (Lipinski definition) is 6. The second-order valence-corrected chi connectivity index (χ2v) is 11.7. The van der Waals surface area contributed by atoms with Gasteiger partial charge in [-0.1, -0.05) is 38.5 Å². The molecule has 0 saturated heterocycles. The van der Waals surface area contributed by atoms with Crippen LogP contribution in [-0.4, -0.2) is 46.9 Å². The van der Waals surface area contributed by atoms with Crippen molar-refractivity contribution in [2.75, 3.05) is 32.2 Å². The number of nitrogens with zero attached hydrogens (tertiary/aromatic N) is 2. The Morgan fingerprint density at radius 1 is 0.977 bits per heavy atom. The predicted octanol–water partition coefficient (Wildman–Crippen LogP) is 7.12. The molecule has 232 valence electrons. The first-order valence-electron chi connectivity index (χ1n) is 15.0. The fourth-order valence-electron chi connectivity index (χ4n) is 4.52. The topological polar surface area (TPSA) is 97.7 Å². The number of benzene rings is 3. The highest BCUT2D eigenvalue weighted by Crippen LogP contribution is 2.29. The molecule has 0 aliphatic heterocycles. The third-order valence-electron chi connectivity index (χ3n) is 6.90. The molecule has 4 rings (SSSR count). The van der Waals surface area contributed by atoms with E-state index in [0.29, 0.717) is 35.3 Å². The van der Waals surface area contributed by atoms with Gasteiger partial charge in [0.05, 0.1) is 31.9 Å². The molecule has 0 aliphatic carbocycles. The number of hydrogen-bond donors (Lipinski definition) is 1. The second kappa shape index (κ2) is 17.3. The zero-order valence-corrected chi connectivity index (χ0v) is 26.5. The van der Waals surface area contributed by atoms with Gasteiger partial charge in [0.25, 0.3) is 0 Å². The van der Waals surface area contributed by atoms with Crippen molar-refractivity contribution in [2.24, 2.45) is 0 Å². The molecule has 0 fully saturated rings. The Morgan fingerprint density at radius 3 is 2.48 bits per heavy atom. The average molecular weight is 616 g/mol. The Labute approximate surface area is 263 Å². The van der Waals surface area contributed by atoms with E-state index in [1.807, 2.05) is 47.0 Å². The van der Waals surface area contributed by atoms with E-state index in [2.05, 4.69) is 24.1 Å². The number of rotatable bonds is 17. The van der Waals surface area contributed by atoms with Crippen LogP contribution < -0.4 is 14.8 Å². The van der Waals surface area contributed by atoms with Crippen LogP contribution in [0.15, 0.2) is 90.2 Å². The number of anilines is 1. The monoisotopic (exact) mass is 615 g/mol. The molecule has 0 unspecified atom stereocenters. The molecule has 9 heteroatoms. The molecule has 4 aromatic rings. The maximum Gasteiger partial charge on any atom is 0.248 e. The minimum Gasteiger partial charge on any atom is -0.611 e. The maximum atomic E-state index is 12.9. The molecule has 8 nitrogen and oxygen atoms in total. The van der Waals surface area contributed by atoms with E-state index in [1.54, 1.807) is 50.0 Å². The van der Waals surface area contributed by atoms with E-state index < -0.39 is 11.2 Å². The quantitative estimate of drug-likeness (QED) is 0.0772. The summed E-state index contributed by atoms with van der Waals surface area (Å²) in [5.41, 5.74) is 4.34. The number of ether oxygens (including phenoxy) is 3. The van der Waals surface area contributed by atoms with Crippen LogP contribution in [0.2, 0.25) is 0 Å². The number of methoxy groups -OCH3 is 1. The van der Waals surface area contributed by atoms with Crippen molar-refractivity contribution in [1.29, 1.82) is 0 Å². The van der Waals surface area contributed by atoms with Gasteiger partial charge < -0.3 is 28.6 Å². The van der Waals surface area contributed by atoms with Crippen molar-refractivity contribution in [1.82, 2.24) is 9.55 Å². The van der Waals surface area contributed by atoms with Crippen LogP contribution in [0.4, 0.5) is 5.69 Å². The van der Waals surface area contributed by atoms with Crippen LogP contribution >= 0.6 is 0 Å². The zero-order chi connectivity index (χ0) is 31.1. The van der Waals surface area contributed by atoms with E-state index >= 15 is 0 Å². The summed E-state index contributed by atoms with van der Waals surface area (Å²) in [4.78, 5) is 17.6. The molecule has 1 heterocycles. The number of nitrogens with one attached hydrogen (secondary N) is 1. The number of aromatic nitrogens is 2. The number of unbranched alkanes of at least 4 members (excludes halogenated alkanes) is 1. The van der Waals surface area contributed by atoms with Gasteiger partial charge in [0.15, 0.2) is 10.6 Å². The largest absolute Gasteiger partial charge is 0.611 e. The normalized spacial score (nSPS) is 11.9. The first-order valence-corrected chi connectivity index (χ1v) is 16.3. The molecule has 0 radical (unpaired) electrons. The van der Waals surface area contributed by atoms with Gasteiger partial charge in [0.2, 0.25) is 5.91 Å². The molecule has 0 spiro atoms. The predicted molar refractivity (Wildman–Crippen MR) is 176 cm³/mol. The molecule has 1 aromatic heterocycles. The summed E-state index contributed by atoms with van der Waals surface area (Å²) in [5, 5.41) is 2.87. The Kier molecular flexibility index (Phi) is 12.9. The molecule has 1 atom stereocenters. The SMILES string of the molecule is CCCCOCCOc1ccc(-c2ccc(OC)c(/C=C/C(=O)Nc3ccc([S@+]([O-])Cc4cncn4CCC)cc3)c2)cc1. The summed E-state index contributed by atoms with van der Waals surface area (Å²) in [6.45, 7) is 6.93. The van der Waals surface area contributed by atoms with Crippen LogP contribution in [0.1, 0.15) is 44.4 Å². The summed E-state index contributed by atoms with van der Waals surface area (Å²) in [6.07, 6.45) is 9.90. The molecule has 1 amide bonds. The Hall–Kier alpha value is -4.05. The lowest BCUT2D eigenvalue weighted by molar-refractivity contribution is -0.111. The third kappa shape index (κ3) is 9.74. The zero-order valence-electron chi connectivity index (χ0n) is 25.7. The van der Waals surface area contributed by atoms with Gasteiger partial charge in [-0.05, 0) is 89.8 Å². The Balaban J connectivity index is 1.33. The van der Waals surface area contributed by atoms with Crippen molar-refractivity contribution in [2.45, 2.75) is 50.3 Å². The summed E-state index contributed by atoms with van der Waals surface area (Å²) in [7, 11) is 1.60. The van der Waals surface area contributed by atoms with E-state index in [1.165, 1.54) is 6.08 Å². The number of carbonyl (C=O) groups is 1. The van der Waals surface area contributed by atoms with Gasteiger partial charge in [0.1, 0.15) is 18.1 Å². The number of carbonyl (C=O) groups excluding carboxylic acids is 1. The van der Waals surface area contributed by atoms with Crippen LogP contribution in [0.5, 0.6) is 11.5 Å². The van der Waals surface area contributed by atoms with Gasteiger partial charge >= 0.3 is 0 Å². The highest BCUT2D eigenvalue weighted by Gasteiger charge is 2.15. The lowest BCUT2D eigenvalue weighted by atomic mass is 10.0. The van der Waals surface area contributed by atoms with Crippen molar-refractivity contribution in [3.63, 3.8) is 0 Å². The second-order valence-electron chi connectivity index (χ2n) is 10.2. The summed E-state index contributed by atoms with van der Waals surface area (Å²) >= 11 is -1.22. The molecule has 0 saturated carbocycles. The van der Waals surface area contributed by atoms with Crippen molar-refractivity contribution < 1.29 is 23.6 Å². The van der Waals surface area contributed by atoms with E-state index in [9.17, 15) is 9.35 Å². The molecule has 0 bridgehead atoms. The molecule has 3 aromatic carbocycles. The minimum absolute atomic E-state index is 0.282. The van der Waals surface area contributed by atoms with Gasteiger partial charge in [-0.3, -0.25) is 4.79 Å². The molecule has 44 heavy (non-hydrogen) atoms. The number of imidazole rings is 1. The van der Waals surface area contributed by atoms with Crippen molar-refractivity contribution in [3.05, 3.63) is 96.6 Å². The van der Waals surface area contributed by atoms with Gasteiger partial charge in [-0.2, -0.15) is 0 Å². The number of aryl methyl sites for hydroxylation is 1. The lowest BCUT2D eigenvalue weighted by Crippen LogP contribution is -2.11. The van der Waals surface area contributed by atoms with Crippen molar-refractivity contribution in [3.8, 4) is 22.6 Å². The third-order valence-corrected chi connectivity index (χ3v) is 8.25. The lowest BCUT2D eigenvalue weighted by Gasteiger charge is -2.12.